The molecule has 0 aliphatic carbocycles. The van der Waals surface area contributed by atoms with E-state index in [0.717, 1.165) is 31.8 Å². The van der Waals surface area contributed by atoms with Gasteiger partial charge < -0.3 is 4.90 Å². The maximum atomic E-state index is 12.2. The van der Waals surface area contributed by atoms with Crippen molar-refractivity contribution in [2.24, 2.45) is 11.8 Å². The molecule has 1 aliphatic heterocycles. The maximum absolute atomic E-state index is 12.2. The minimum absolute atomic E-state index is 0.296. The molecule has 100 valence electrons. The number of likely N-dealkylation sites (tertiary alicyclic amines) is 1. The third-order valence-electron chi connectivity index (χ3n) is 4.09. The zero-order valence-corrected chi connectivity index (χ0v) is 11.9. The molecular weight excluding hydrogens is 210 g/mol. The van der Waals surface area contributed by atoms with E-state index in [9.17, 15) is 4.79 Å². The van der Waals surface area contributed by atoms with Gasteiger partial charge in [-0.05, 0) is 25.2 Å². The molecule has 1 unspecified atom stereocenters. The van der Waals surface area contributed by atoms with E-state index in [2.05, 4.69) is 25.7 Å². The summed E-state index contributed by atoms with van der Waals surface area (Å²) in [7, 11) is 0. The van der Waals surface area contributed by atoms with Gasteiger partial charge in [0.25, 0.3) is 0 Å². The Labute approximate surface area is 107 Å². The number of amides is 1. The van der Waals surface area contributed by atoms with Crippen LogP contribution in [-0.2, 0) is 4.79 Å². The van der Waals surface area contributed by atoms with Gasteiger partial charge in [0.1, 0.15) is 0 Å². The molecule has 0 radical (unpaired) electrons. The monoisotopic (exact) mass is 239 g/mol. The molecule has 1 aliphatic rings. The molecule has 17 heavy (non-hydrogen) atoms. The van der Waals surface area contributed by atoms with Crippen LogP contribution in [0.4, 0.5) is 0 Å². The number of carbonyl (C=O) groups excluding carboxylic acids is 1. The topological polar surface area (TPSA) is 20.3 Å². The molecule has 1 amide bonds. The molecule has 1 fully saturated rings. The molecular formula is C15H29NO. The van der Waals surface area contributed by atoms with Crippen LogP contribution in [0.5, 0.6) is 0 Å². The Morgan fingerprint density at radius 1 is 1.18 bits per heavy atom. The highest BCUT2D eigenvalue weighted by molar-refractivity contribution is 5.79. The highest BCUT2D eigenvalue weighted by Gasteiger charge is 2.32. The third kappa shape index (κ3) is 4.33. The van der Waals surface area contributed by atoms with Gasteiger partial charge in [0.2, 0.25) is 5.91 Å². The van der Waals surface area contributed by atoms with E-state index < -0.39 is 0 Å². The van der Waals surface area contributed by atoms with Crippen LogP contribution in [0.25, 0.3) is 0 Å². The van der Waals surface area contributed by atoms with Crippen LogP contribution in [0.1, 0.15) is 65.7 Å². The molecule has 2 nitrogen and oxygen atoms in total. The largest absolute Gasteiger partial charge is 0.342 e. The fourth-order valence-corrected chi connectivity index (χ4v) is 2.59. The summed E-state index contributed by atoms with van der Waals surface area (Å²) in [6.45, 7) is 8.63. The van der Waals surface area contributed by atoms with E-state index in [0.29, 0.717) is 11.8 Å². The lowest BCUT2D eigenvalue weighted by molar-refractivity contribution is -0.142. The van der Waals surface area contributed by atoms with Crippen molar-refractivity contribution in [3.05, 3.63) is 0 Å². The quantitative estimate of drug-likeness (QED) is 0.589. The first-order valence-corrected chi connectivity index (χ1v) is 7.51. The fraction of sp³-hybridized carbons (Fsp3) is 0.933. The summed E-state index contributed by atoms with van der Waals surface area (Å²) in [5.41, 5.74) is 0. The molecule has 0 aromatic heterocycles. The van der Waals surface area contributed by atoms with E-state index in [4.69, 9.17) is 0 Å². The summed E-state index contributed by atoms with van der Waals surface area (Å²) < 4.78 is 0. The van der Waals surface area contributed by atoms with Crippen LogP contribution in [-0.4, -0.2) is 23.9 Å². The average molecular weight is 239 g/mol. The Kier molecular flexibility index (Phi) is 6.61. The summed E-state index contributed by atoms with van der Waals surface area (Å²) in [5.74, 6) is 1.50. The van der Waals surface area contributed by atoms with E-state index in [1.165, 1.54) is 32.1 Å². The summed E-state index contributed by atoms with van der Waals surface area (Å²) in [4.78, 5) is 14.3. The normalized spacial score (nSPS) is 17.9. The van der Waals surface area contributed by atoms with Crippen LogP contribution < -0.4 is 0 Å². The average Bonchev–Trinajstić information content (AvgIpc) is 2.27. The second-order valence-corrected chi connectivity index (χ2v) is 5.47. The number of carbonyl (C=O) groups is 1. The summed E-state index contributed by atoms with van der Waals surface area (Å²) in [5, 5.41) is 0. The number of hydrogen-bond acceptors (Lipinski definition) is 1. The number of nitrogens with zero attached hydrogens (tertiary/aromatic N) is 1. The molecule has 0 aromatic carbocycles. The van der Waals surface area contributed by atoms with Gasteiger partial charge in [-0.3, -0.25) is 4.79 Å². The van der Waals surface area contributed by atoms with E-state index >= 15 is 0 Å². The summed E-state index contributed by atoms with van der Waals surface area (Å²) in [6, 6.07) is 0. The minimum atomic E-state index is 0.296. The minimum Gasteiger partial charge on any atom is -0.342 e. The van der Waals surface area contributed by atoms with Crippen molar-refractivity contribution in [1.29, 1.82) is 0 Å². The van der Waals surface area contributed by atoms with Crippen molar-refractivity contribution < 1.29 is 4.79 Å². The molecule has 2 heteroatoms. The zero-order chi connectivity index (χ0) is 12.7. The first-order chi connectivity index (χ1) is 8.22. The second-order valence-electron chi connectivity index (χ2n) is 5.47. The molecule has 1 rings (SSSR count). The van der Waals surface area contributed by atoms with E-state index in [-0.39, 0.29) is 0 Å². The first kappa shape index (κ1) is 14.5. The molecule has 0 N–H and O–H groups in total. The van der Waals surface area contributed by atoms with Crippen LogP contribution >= 0.6 is 0 Å². The smallest absolute Gasteiger partial charge is 0.225 e. The second kappa shape index (κ2) is 7.73. The first-order valence-electron chi connectivity index (χ1n) is 7.51. The lowest BCUT2D eigenvalue weighted by Gasteiger charge is -2.40. The molecule has 1 saturated heterocycles. The molecule has 1 atom stereocenters. The third-order valence-corrected chi connectivity index (χ3v) is 4.09. The van der Waals surface area contributed by atoms with Crippen LogP contribution in [0.2, 0.25) is 0 Å². The van der Waals surface area contributed by atoms with Crippen molar-refractivity contribution in [2.75, 3.05) is 13.1 Å². The van der Waals surface area contributed by atoms with Gasteiger partial charge in [-0.15, -0.1) is 0 Å². The molecule has 0 spiro atoms. The highest BCUT2D eigenvalue weighted by Crippen LogP contribution is 2.24. The predicted octanol–water partition coefficient (Wildman–Crippen LogP) is 3.85. The molecule has 1 heterocycles. The summed E-state index contributed by atoms with van der Waals surface area (Å²) >= 11 is 0. The van der Waals surface area contributed by atoms with Gasteiger partial charge in [0.05, 0.1) is 0 Å². The molecule has 0 bridgehead atoms. The van der Waals surface area contributed by atoms with Gasteiger partial charge in [0.15, 0.2) is 0 Å². The Hall–Kier alpha value is -0.530. The van der Waals surface area contributed by atoms with Gasteiger partial charge in [-0.25, -0.2) is 0 Å². The highest BCUT2D eigenvalue weighted by atomic mass is 16.2. The Morgan fingerprint density at radius 3 is 2.41 bits per heavy atom. The van der Waals surface area contributed by atoms with Gasteiger partial charge in [-0.1, -0.05) is 46.5 Å². The van der Waals surface area contributed by atoms with Crippen molar-refractivity contribution in [3.63, 3.8) is 0 Å². The number of unbranched alkanes of at least 4 members (excludes halogenated alkanes) is 3. The van der Waals surface area contributed by atoms with Crippen LogP contribution in [0, 0.1) is 11.8 Å². The number of hydrogen-bond donors (Lipinski definition) is 0. The fourth-order valence-electron chi connectivity index (χ4n) is 2.59. The van der Waals surface area contributed by atoms with Gasteiger partial charge >= 0.3 is 0 Å². The molecule has 0 aromatic rings. The van der Waals surface area contributed by atoms with Crippen molar-refractivity contribution in [3.8, 4) is 0 Å². The van der Waals surface area contributed by atoms with Crippen LogP contribution in [0.15, 0.2) is 0 Å². The molecule has 0 saturated carbocycles. The van der Waals surface area contributed by atoms with Gasteiger partial charge in [-0.2, -0.15) is 0 Å². The Balaban J connectivity index is 2.22. The van der Waals surface area contributed by atoms with Crippen LogP contribution in [0.3, 0.4) is 0 Å². The van der Waals surface area contributed by atoms with Crippen molar-refractivity contribution in [1.82, 2.24) is 4.90 Å². The standard InChI is InChI=1S/C15H29NO/c1-4-7-8-9-10-14(6-3)15(17)16-11-13(5-2)12-16/h13-14H,4-12H2,1-3H3. The van der Waals surface area contributed by atoms with Gasteiger partial charge in [0, 0.05) is 19.0 Å². The number of rotatable bonds is 8. The lowest BCUT2D eigenvalue weighted by Crippen LogP contribution is -2.51. The summed E-state index contributed by atoms with van der Waals surface area (Å²) in [6.07, 6.45) is 8.43. The lowest BCUT2D eigenvalue weighted by atomic mass is 9.91. The Bertz CT molecular complexity index is 221. The SMILES string of the molecule is CCCCCCC(CC)C(=O)N1CC(CC)C1. The van der Waals surface area contributed by atoms with E-state index in [1.54, 1.807) is 0 Å². The zero-order valence-electron chi connectivity index (χ0n) is 11.9. The van der Waals surface area contributed by atoms with Crippen molar-refractivity contribution in [2.45, 2.75) is 65.7 Å². The maximum Gasteiger partial charge on any atom is 0.225 e. The predicted molar refractivity (Wildman–Crippen MR) is 72.9 cm³/mol. The van der Waals surface area contributed by atoms with E-state index in [1.807, 2.05) is 0 Å². The Morgan fingerprint density at radius 2 is 1.88 bits per heavy atom. The van der Waals surface area contributed by atoms with Crippen molar-refractivity contribution >= 4 is 5.91 Å².